The average Bonchev–Trinajstić information content (AvgIpc) is 2.65. The Morgan fingerprint density at radius 3 is 2.11 bits per heavy atom. The van der Waals surface area contributed by atoms with Crippen LogP contribution in [0, 0.1) is 0 Å². The number of ether oxygens (including phenoxy) is 1. The summed E-state index contributed by atoms with van der Waals surface area (Å²) in [5.41, 5.74) is 0. The Morgan fingerprint density at radius 2 is 1.61 bits per heavy atom. The number of esters is 1. The molecule has 2 atom stereocenters. The zero-order chi connectivity index (χ0) is 13.5. The standard InChI is InChI=1S/C13H24N2O3/c1-10(14-11(2)13(17)18-3)12(16)15-8-6-4-5-7-9-15/h10-11,14H,4-9H2,1-3H3. The summed E-state index contributed by atoms with van der Waals surface area (Å²) in [4.78, 5) is 25.4. The van der Waals surface area contributed by atoms with Crippen LogP contribution in [0.1, 0.15) is 39.5 Å². The Bertz CT molecular complexity index is 286. The number of carbonyl (C=O) groups is 2. The molecule has 1 amide bonds. The van der Waals surface area contributed by atoms with E-state index >= 15 is 0 Å². The van der Waals surface area contributed by atoms with Gasteiger partial charge in [0.25, 0.3) is 0 Å². The summed E-state index contributed by atoms with van der Waals surface area (Å²) in [6.45, 7) is 5.17. The van der Waals surface area contributed by atoms with Gasteiger partial charge in [-0.25, -0.2) is 0 Å². The van der Waals surface area contributed by atoms with Crippen LogP contribution in [0.2, 0.25) is 0 Å². The highest BCUT2D eigenvalue weighted by molar-refractivity contribution is 5.83. The highest BCUT2D eigenvalue weighted by Crippen LogP contribution is 2.10. The quantitative estimate of drug-likeness (QED) is 0.760. The summed E-state index contributed by atoms with van der Waals surface area (Å²) in [6.07, 6.45) is 4.55. The van der Waals surface area contributed by atoms with E-state index in [1.165, 1.54) is 20.0 Å². The molecule has 5 heteroatoms. The second-order valence-corrected chi connectivity index (χ2v) is 4.87. The van der Waals surface area contributed by atoms with Crippen LogP contribution in [0.5, 0.6) is 0 Å². The Morgan fingerprint density at radius 1 is 1.06 bits per heavy atom. The zero-order valence-corrected chi connectivity index (χ0v) is 11.6. The zero-order valence-electron chi connectivity index (χ0n) is 11.6. The van der Waals surface area contributed by atoms with Gasteiger partial charge in [0.05, 0.1) is 13.2 Å². The molecule has 104 valence electrons. The van der Waals surface area contributed by atoms with E-state index in [0.717, 1.165) is 25.9 Å². The van der Waals surface area contributed by atoms with E-state index in [2.05, 4.69) is 10.1 Å². The Labute approximate surface area is 109 Å². The van der Waals surface area contributed by atoms with E-state index in [-0.39, 0.29) is 17.9 Å². The normalized spacial score (nSPS) is 19.8. The first-order valence-corrected chi connectivity index (χ1v) is 6.69. The minimum Gasteiger partial charge on any atom is -0.468 e. The van der Waals surface area contributed by atoms with E-state index in [1.54, 1.807) is 13.8 Å². The van der Waals surface area contributed by atoms with Gasteiger partial charge in [-0.3, -0.25) is 14.9 Å². The summed E-state index contributed by atoms with van der Waals surface area (Å²) in [5.74, 6) is -0.266. The van der Waals surface area contributed by atoms with Crippen molar-refractivity contribution < 1.29 is 14.3 Å². The molecule has 0 aromatic carbocycles. The Kier molecular flexibility index (Phi) is 6.12. The van der Waals surface area contributed by atoms with E-state index in [0.29, 0.717) is 0 Å². The SMILES string of the molecule is COC(=O)C(C)NC(C)C(=O)N1CCCCCC1. The van der Waals surface area contributed by atoms with Crippen molar-refractivity contribution in [2.24, 2.45) is 0 Å². The van der Waals surface area contributed by atoms with Crippen LogP contribution in [-0.4, -0.2) is 49.1 Å². The fourth-order valence-corrected chi connectivity index (χ4v) is 2.26. The Hall–Kier alpha value is -1.10. The van der Waals surface area contributed by atoms with Gasteiger partial charge in [-0.2, -0.15) is 0 Å². The van der Waals surface area contributed by atoms with E-state index in [4.69, 9.17) is 0 Å². The third-order valence-corrected chi connectivity index (χ3v) is 3.34. The van der Waals surface area contributed by atoms with Gasteiger partial charge in [0.1, 0.15) is 6.04 Å². The topological polar surface area (TPSA) is 58.6 Å². The summed E-state index contributed by atoms with van der Waals surface area (Å²) in [7, 11) is 1.35. The minimum absolute atomic E-state index is 0.0765. The molecule has 0 spiro atoms. The number of likely N-dealkylation sites (tertiary alicyclic amines) is 1. The molecular formula is C13H24N2O3. The molecule has 1 aliphatic rings. The molecule has 1 aliphatic heterocycles. The van der Waals surface area contributed by atoms with Gasteiger partial charge in [-0.05, 0) is 26.7 Å². The number of nitrogens with one attached hydrogen (secondary N) is 1. The molecule has 1 fully saturated rings. The van der Waals surface area contributed by atoms with Crippen LogP contribution >= 0.6 is 0 Å². The van der Waals surface area contributed by atoms with Gasteiger partial charge in [0.2, 0.25) is 5.91 Å². The van der Waals surface area contributed by atoms with Gasteiger partial charge in [0.15, 0.2) is 0 Å². The van der Waals surface area contributed by atoms with Crippen molar-refractivity contribution in [2.75, 3.05) is 20.2 Å². The fraction of sp³-hybridized carbons (Fsp3) is 0.846. The molecule has 0 aliphatic carbocycles. The number of nitrogens with zero attached hydrogens (tertiary/aromatic N) is 1. The highest BCUT2D eigenvalue weighted by Gasteiger charge is 2.24. The molecule has 0 saturated carbocycles. The molecular weight excluding hydrogens is 232 g/mol. The van der Waals surface area contributed by atoms with Gasteiger partial charge in [-0.15, -0.1) is 0 Å². The number of carbonyl (C=O) groups excluding carboxylic acids is 2. The third kappa shape index (κ3) is 4.29. The number of rotatable bonds is 4. The molecule has 1 rings (SSSR count). The first-order chi connectivity index (χ1) is 8.56. The second kappa shape index (κ2) is 7.36. The van der Waals surface area contributed by atoms with E-state index < -0.39 is 6.04 Å². The first kappa shape index (κ1) is 15.0. The van der Waals surface area contributed by atoms with Crippen molar-refractivity contribution >= 4 is 11.9 Å². The van der Waals surface area contributed by atoms with Crippen molar-refractivity contribution in [3.05, 3.63) is 0 Å². The lowest BCUT2D eigenvalue weighted by molar-refractivity contribution is -0.143. The van der Waals surface area contributed by atoms with E-state index in [9.17, 15) is 9.59 Å². The molecule has 0 radical (unpaired) electrons. The maximum Gasteiger partial charge on any atom is 0.322 e. The summed E-state index contributed by atoms with van der Waals surface area (Å²) >= 11 is 0. The summed E-state index contributed by atoms with van der Waals surface area (Å²) in [5, 5.41) is 2.98. The predicted octanol–water partition coefficient (Wildman–Crippen LogP) is 0.929. The predicted molar refractivity (Wildman–Crippen MR) is 69.1 cm³/mol. The van der Waals surface area contributed by atoms with Gasteiger partial charge in [0, 0.05) is 13.1 Å². The number of hydrogen-bond acceptors (Lipinski definition) is 4. The van der Waals surface area contributed by atoms with Crippen molar-refractivity contribution in [3.8, 4) is 0 Å². The summed E-state index contributed by atoms with van der Waals surface area (Å²) < 4.78 is 4.63. The maximum absolute atomic E-state index is 12.2. The largest absolute Gasteiger partial charge is 0.468 e. The lowest BCUT2D eigenvalue weighted by Gasteiger charge is -2.26. The van der Waals surface area contributed by atoms with Crippen molar-refractivity contribution in [2.45, 2.75) is 51.6 Å². The smallest absolute Gasteiger partial charge is 0.322 e. The maximum atomic E-state index is 12.2. The van der Waals surface area contributed by atoms with Gasteiger partial charge < -0.3 is 9.64 Å². The van der Waals surface area contributed by atoms with Crippen LogP contribution in [0.3, 0.4) is 0 Å². The first-order valence-electron chi connectivity index (χ1n) is 6.69. The fourth-order valence-electron chi connectivity index (χ4n) is 2.26. The molecule has 0 aromatic rings. The lowest BCUT2D eigenvalue weighted by Crippen LogP contribution is -2.50. The number of hydrogen-bond donors (Lipinski definition) is 1. The lowest BCUT2D eigenvalue weighted by atomic mass is 10.2. The van der Waals surface area contributed by atoms with E-state index in [1.807, 2.05) is 4.90 Å². The monoisotopic (exact) mass is 256 g/mol. The molecule has 1 heterocycles. The van der Waals surface area contributed by atoms with Crippen LogP contribution in [-0.2, 0) is 14.3 Å². The highest BCUT2D eigenvalue weighted by atomic mass is 16.5. The van der Waals surface area contributed by atoms with Gasteiger partial charge >= 0.3 is 5.97 Å². The van der Waals surface area contributed by atoms with Gasteiger partial charge in [-0.1, -0.05) is 12.8 Å². The van der Waals surface area contributed by atoms with Crippen LogP contribution < -0.4 is 5.32 Å². The van der Waals surface area contributed by atoms with Crippen LogP contribution in [0.25, 0.3) is 0 Å². The molecule has 0 aromatic heterocycles. The molecule has 0 bridgehead atoms. The molecule has 18 heavy (non-hydrogen) atoms. The Balaban J connectivity index is 2.46. The number of methoxy groups -OCH3 is 1. The van der Waals surface area contributed by atoms with Crippen molar-refractivity contribution in [3.63, 3.8) is 0 Å². The molecule has 1 saturated heterocycles. The van der Waals surface area contributed by atoms with Crippen molar-refractivity contribution in [1.29, 1.82) is 0 Å². The molecule has 2 unspecified atom stereocenters. The molecule has 1 N–H and O–H groups in total. The van der Waals surface area contributed by atoms with Crippen molar-refractivity contribution in [1.82, 2.24) is 10.2 Å². The third-order valence-electron chi connectivity index (χ3n) is 3.34. The number of amides is 1. The molecule has 5 nitrogen and oxygen atoms in total. The van der Waals surface area contributed by atoms with Crippen LogP contribution in [0.4, 0.5) is 0 Å². The summed E-state index contributed by atoms with van der Waals surface area (Å²) in [6, 6.07) is -0.807. The average molecular weight is 256 g/mol. The minimum atomic E-state index is -0.457. The van der Waals surface area contributed by atoms with Crippen LogP contribution in [0.15, 0.2) is 0 Å². The second-order valence-electron chi connectivity index (χ2n) is 4.87.